The Bertz CT molecular complexity index is 326. The summed E-state index contributed by atoms with van der Waals surface area (Å²) in [4.78, 5) is 24.7. The molecule has 0 radical (unpaired) electrons. The van der Waals surface area contributed by atoms with E-state index in [0.29, 0.717) is 5.41 Å². The van der Waals surface area contributed by atoms with E-state index in [-0.39, 0.29) is 18.5 Å². The molecule has 1 N–H and O–H groups in total. The minimum atomic E-state index is -0.554. The second kappa shape index (κ2) is 4.55. The van der Waals surface area contributed by atoms with Gasteiger partial charge < -0.3 is 15.0 Å². The molecule has 17 heavy (non-hydrogen) atoms. The molecular formula is C12H20N2O3. The van der Waals surface area contributed by atoms with Gasteiger partial charge in [-0.2, -0.15) is 0 Å². The van der Waals surface area contributed by atoms with E-state index in [0.717, 1.165) is 19.4 Å². The van der Waals surface area contributed by atoms with Gasteiger partial charge in [-0.25, -0.2) is 4.79 Å². The number of nitrogens with zero attached hydrogens (tertiary/aromatic N) is 1. The number of carbonyl (C=O) groups is 2. The van der Waals surface area contributed by atoms with Gasteiger partial charge in [-0.1, -0.05) is 0 Å². The van der Waals surface area contributed by atoms with Gasteiger partial charge in [0.25, 0.3) is 0 Å². The quantitative estimate of drug-likeness (QED) is 0.787. The smallest absolute Gasteiger partial charge is 0.407 e. The molecule has 5 heteroatoms. The summed E-state index contributed by atoms with van der Waals surface area (Å²) in [6.07, 6.45) is 4.30. The molecule has 0 aromatic carbocycles. The number of methoxy groups -OCH3 is 1. The minimum absolute atomic E-state index is 0.0154. The van der Waals surface area contributed by atoms with Crippen molar-refractivity contribution in [1.82, 2.24) is 10.2 Å². The molecule has 2 amide bonds. The van der Waals surface area contributed by atoms with E-state index < -0.39 is 6.09 Å². The van der Waals surface area contributed by atoms with Crippen LogP contribution in [0.1, 0.15) is 32.6 Å². The summed E-state index contributed by atoms with van der Waals surface area (Å²) in [5.41, 5.74) is 0.548. The van der Waals surface area contributed by atoms with Crippen LogP contribution < -0.4 is 5.32 Å². The van der Waals surface area contributed by atoms with Crippen LogP contribution in [0, 0.1) is 5.41 Å². The number of amides is 2. The Labute approximate surface area is 101 Å². The molecule has 2 aliphatic rings. The monoisotopic (exact) mass is 240 g/mol. The van der Waals surface area contributed by atoms with Gasteiger partial charge >= 0.3 is 6.09 Å². The number of hydrogen-bond donors (Lipinski definition) is 1. The van der Waals surface area contributed by atoms with E-state index in [4.69, 9.17) is 0 Å². The molecule has 1 saturated heterocycles. The molecule has 1 aliphatic carbocycles. The largest absolute Gasteiger partial charge is 0.453 e. The van der Waals surface area contributed by atoms with E-state index in [9.17, 15) is 9.59 Å². The van der Waals surface area contributed by atoms with Crippen molar-refractivity contribution in [1.29, 1.82) is 0 Å². The lowest BCUT2D eigenvalue weighted by Gasteiger charge is -2.38. The molecule has 1 saturated carbocycles. The third-order valence-electron chi connectivity index (χ3n) is 3.99. The molecule has 0 aromatic rings. The molecule has 1 atom stereocenters. The zero-order valence-corrected chi connectivity index (χ0v) is 10.5. The van der Waals surface area contributed by atoms with Gasteiger partial charge in [0.15, 0.2) is 0 Å². The highest BCUT2D eigenvalue weighted by molar-refractivity contribution is 5.82. The van der Waals surface area contributed by atoms with Crippen molar-refractivity contribution >= 4 is 12.0 Å². The van der Waals surface area contributed by atoms with Crippen LogP contribution in [0.4, 0.5) is 4.79 Å². The third kappa shape index (κ3) is 2.70. The first-order valence-electron chi connectivity index (χ1n) is 6.18. The van der Waals surface area contributed by atoms with Crippen LogP contribution in [-0.2, 0) is 9.53 Å². The van der Waals surface area contributed by atoms with E-state index in [1.165, 1.54) is 20.0 Å². The first kappa shape index (κ1) is 12.2. The van der Waals surface area contributed by atoms with Crippen molar-refractivity contribution in [2.45, 2.75) is 38.6 Å². The SMILES string of the molecule is COC(=O)NCC(=O)N1CCC2(CC2)CC1C. The maximum atomic E-state index is 11.9. The van der Waals surface area contributed by atoms with Crippen molar-refractivity contribution in [2.75, 3.05) is 20.2 Å². The van der Waals surface area contributed by atoms with Crippen LogP contribution in [0.25, 0.3) is 0 Å². The zero-order valence-electron chi connectivity index (χ0n) is 10.5. The highest BCUT2D eigenvalue weighted by atomic mass is 16.5. The predicted molar refractivity (Wildman–Crippen MR) is 62.5 cm³/mol. The van der Waals surface area contributed by atoms with Crippen molar-refractivity contribution in [3.63, 3.8) is 0 Å². The van der Waals surface area contributed by atoms with Gasteiger partial charge in [0.2, 0.25) is 5.91 Å². The minimum Gasteiger partial charge on any atom is -0.453 e. The van der Waals surface area contributed by atoms with Gasteiger partial charge in [-0.15, -0.1) is 0 Å². The Morgan fingerprint density at radius 1 is 1.41 bits per heavy atom. The molecular weight excluding hydrogens is 220 g/mol. The lowest BCUT2D eigenvalue weighted by Crippen LogP contribution is -2.49. The molecule has 0 bridgehead atoms. The summed E-state index contributed by atoms with van der Waals surface area (Å²) in [5, 5.41) is 2.43. The molecule has 1 spiro atoms. The molecule has 2 fully saturated rings. The summed E-state index contributed by atoms with van der Waals surface area (Å²) in [6, 6.07) is 0.290. The number of rotatable bonds is 2. The fraction of sp³-hybridized carbons (Fsp3) is 0.833. The van der Waals surface area contributed by atoms with Gasteiger partial charge in [-0.3, -0.25) is 4.79 Å². The first-order valence-corrected chi connectivity index (χ1v) is 6.18. The van der Waals surface area contributed by atoms with Crippen molar-refractivity contribution < 1.29 is 14.3 Å². The van der Waals surface area contributed by atoms with Crippen molar-refractivity contribution in [3.8, 4) is 0 Å². The number of ether oxygens (including phenoxy) is 1. The van der Waals surface area contributed by atoms with Crippen LogP contribution >= 0.6 is 0 Å². The standard InChI is InChI=1S/C12H20N2O3/c1-9-7-12(3-4-12)5-6-14(9)10(15)8-13-11(16)17-2/h9H,3-8H2,1-2H3,(H,13,16). The normalized spacial score (nSPS) is 25.5. The van der Waals surface area contributed by atoms with E-state index >= 15 is 0 Å². The Kier molecular flexibility index (Phi) is 3.26. The average Bonchev–Trinajstić information content (AvgIpc) is 3.05. The summed E-state index contributed by atoms with van der Waals surface area (Å²) in [7, 11) is 1.29. The molecule has 96 valence electrons. The van der Waals surface area contributed by atoms with Crippen LogP contribution in [0.15, 0.2) is 0 Å². The van der Waals surface area contributed by atoms with E-state index in [1.807, 2.05) is 4.90 Å². The van der Waals surface area contributed by atoms with Crippen LogP contribution in [0.2, 0.25) is 0 Å². The Morgan fingerprint density at radius 2 is 2.12 bits per heavy atom. The summed E-state index contributed by atoms with van der Waals surface area (Å²) in [5.74, 6) is -0.0154. The second-order valence-electron chi connectivity index (χ2n) is 5.24. The first-order chi connectivity index (χ1) is 8.06. The highest BCUT2D eigenvalue weighted by Gasteiger charge is 2.47. The van der Waals surface area contributed by atoms with Gasteiger partial charge in [0, 0.05) is 12.6 Å². The van der Waals surface area contributed by atoms with E-state index in [2.05, 4.69) is 17.0 Å². The number of hydrogen-bond acceptors (Lipinski definition) is 3. The molecule has 1 aliphatic heterocycles. The maximum absolute atomic E-state index is 11.9. The number of piperidine rings is 1. The number of nitrogens with one attached hydrogen (secondary N) is 1. The molecule has 2 rings (SSSR count). The average molecular weight is 240 g/mol. The van der Waals surface area contributed by atoms with Crippen molar-refractivity contribution in [2.24, 2.45) is 5.41 Å². The highest BCUT2D eigenvalue weighted by Crippen LogP contribution is 2.55. The van der Waals surface area contributed by atoms with Gasteiger partial charge in [-0.05, 0) is 38.0 Å². The fourth-order valence-electron chi connectivity index (χ4n) is 2.74. The summed E-state index contributed by atoms with van der Waals surface area (Å²) < 4.78 is 4.44. The van der Waals surface area contributed by atoms with Gasteiger partial charge in [0.05, 0.1) is 7.11 Å². The maximum Gasteiger partial charge on any atom is 0.407 e. The van der Waals surface area contributed by atoms with Crippen molar-refractivity contribution in [3.05, 3.63) is 0 Å². The molecule has 0 aromatic heterocycles. The van der Waals surface area contributed by atoms with Gasteiger partial charge in [0.1, 0.15) is 6.54 Å². The topological polar surface area (TPSA) is 58.6 Å². The van der Waals surface area contributed by atoms with Crippen LogP contribution in [0.3, 0.4) is 0 Å². The fourth-order valence-corrected chi connectivity index (χ4v) is 2.74. The summed E-state index contributed by atoms with van der Waals surface area (Å²) >= 11 is 0. The number of likely N-dealkylation sites (tertiary alicyclic amines) is 1. The Hall–Kier alpha value is -1.26. The molecule has 1 unspecified atom stereocenters. The van der Waals surface area contributed by atoms with E-state index in [1.54, 1.807) is 0 Å². The zero-order chi connectivity index (χ0) is 12.5. The molecule has 1 heterocycles. The Morgan fingerprint density at radius 3 is 2.65 bits per heavy atom. The second-order valence-corrected chi connectivity index (χ2v) is 5.24. The summed E-state index contributed by atoms with van der Waals surface area (Å²) in [6.45, 7) is 2.95. The van der Waals surface area contributed by atoms with Crippen LogP contribution in [-0.4, -0.2) is 43.1 Å². The number of carbonyl (C=O) groups excluding carboxylic acids is 2. The lowest BCUT2D eigenvalue weighted by atomic mass is 9.88. The Balaban J connectivity index is 1.81. The predicted octanol–water partition coefficient (Wildman–Crippen LogP) is 1.13. The molecule has 5 nitrogen and oxygen atoms in total. The number of alkyl carbamates (subject to hydrolysis) is 1. The van der Waals surface area contributed by atoms with Crippen LogP contribution in [0.5, 0.6) is 0 Å². The third-order valence-corrected chi connectivity index (χ3v) is 3.99. The lowest BCUT2D eigenvalue weighted by molar-refractivity contribution is -0.134.